The number of amides is 1. The Balaban J connectivity index is 0.00000196. The summed E-state index contributed by atoms with van der Waals surface area (Å²) in [7, 11) is 0. The molecule has 1 saturated heterocycles. The number of halogens is 1. The van der Waals surface area contributed by atoms with Crippen molar-refractivity contribution in [2.75, 3.05) is 13.1 Å². The topological polar surface area (TPSA) is 46.3 Å². The molecule has 26 heavy (non-hydrogen) atoms. The van der Waals surface area contributed by atoms with Crippen LogP contribution >= 0.6 is 12.4 Å². The van der Waals surface area contributed by atoms with Crippen LogP contribution in [0.1, 0.15) is 36.3 Å². The van der Waals surface area contributed by atoms with Crippen molar-refractivity contribution in [2.45, 2.75) is 37.6 Å². The van der Waals surface area contributed by atoms with Gasteiger partial charge in [0.25, 0.3) is 0 Å². The molecule has 0 unspecified atom stereocenters. The van der Waals surface area contributed by atoms with Crippen LogP contribution in [0, 0.1) is 5.41 Å². The molecule has 2 fully saturated rings. The number of carbonyl (C=O) groups is 1. The van der Waals surface area contributed by atoms with Crippen LogP contribution in [0.2, 0.25) is 0 Å². The fraction of sp³-hybridized carbons (Fsp3) is 0.409. The molecule has 1 saturated carbocycles. The number of hydrogen-bond donors (Lipinski definition) is 1. The lowest BCUT2D eigenvalue weighted by atomic mass is 9.64. The lowest BCUT2D eigenvalue weighted by Gasteiger charge is -2.43. The van der Waals surface area contributed by atoms with Crippen LogP contribution in [0.25, 0.3) is 0 Å². The molecule has 1 aliphatic carbocycles. The van der Waals surface area contributed by atoms with Gasteiger partial charge in [-0.2, -0.15) is 0 Å². The van der Waals surface area contributed by atoms with Crippen LogP contribution in [-0.4, -0.2) is 29.9 Å². The third-order valence-corrected chi connectivity index (χ3v) is 6.03. The molecule has 1 heterocycles. The first kappa shape index (κ1) is 18.9. The van der Waals surface area contributed by atoms with Crippen LogP contribution in [0.3, 0.4) is 0 Å². The maximum Gasteiger partial charge on any atom is 0.229 e. The molecule has 1 amide bonds. The van der Waals surface area contributed by atoms with Gasteiger partial charge in [0.15, 0.2) is 0 Å². The zero-order valence-corrected chi connectivity index (χ0v) is 15.8. The average molecular weight is 371 g/mol. The van der Waals surface area contributed by atoms with Gasteiger partial charge in [-0.25, -0.2) is 0 Å². The van der Waals surface area contributed by atoms with Gasteiger partial charge < -0.3 is 10.6 Å². The van der Waals surface area contributed by atoms with Gasteiger partial charge in [0.05, 0.1) is 5.41 Å². The van der Waals surface area contributed by atoms with E-state index in [1.165, 1.54) is 11.1 Å². The minimum absolute atomic E-state index is 0. The zero-order valence-electron chi connectivity index (χ0n) is 15.0. The Morgan fingerprint density at radius 2 is 1.62 bits per heavy atom. The zero-order chi connectivity index (χ0) is 17.3. The quantitative estimate of drug-likeness (QED) is 0.890. The van der Waals surface area contributed by atoms with E-state index in [9.17, 15) is 4.79 Å². The van der Waals surface area contributed by atoms with E-state index in [0.717, 1.165) is 32.2 Å². The number of benzene rings is 2. The molecule has 0 spiro atoms. The summed E-state index contributed by atoms with van der Waals surface area (Å²) < 4.78 is 0. The lowest BCUT2D eigenvalue weighted by molar-refractivity contribution is -0.146. The van der Waals surface area contributed by atoms with Crippen molar-refractivity contribution in [1.29, 1.82) is 0 Å². The second kappa shape index (κ2) is 7.81. The lowest BCUT2D eigenvalue weighted by Crippen LogP contribution is -2.49. The van der Waals surface area contributed by atoms with E-state index in [1.807, 2.05) is 17.0 Å². The fourth-order valence-corrected chi connectivity index (χ4v) is 4.44. The fourth-order valence-electron chi connectivity index (χ4n) is 4.44. The molecule has 2 aromatic carbocycles. The molecule has 0 radical (unpaired) electrons. The van der Waals surface area contributed by atoms with Gasteiger partial charge in [0.2, 0.25) is 5.91 Å². The van der Waals surface area contributed by atoms with E-state index in [0.29, 0.717) is 12.5 Å². The summed E-state index contributed by atoms with van der Waals surface area (Å²) in [6.45, 7) is 1.43. The minimum Gasteiger partial charge on any atom is -0.340 e. The molecule has 0 aromatic heterocycles. The number of carbonyl (C=O) groups excluding carboxylic acids is 1. The van der Waals surface area contributed by atoms with Crippen LogP contribution < -0.4 is 5.73 Å². The Bertz CT molecular complexity index is 730. The normalized spacial score (nSPS) is 23.8. The molecule has 2 aliphatic rings. The van der Waals surface area contributed by atoms with Crippen LogP contribution in [0.4, 0.5) is 0 Å². The Morgan fingerprint density at radius 1 is 1.00 bits per heavy atom. The number of nitrogens with two attached hydrogens (primary N) is 1. The molecule has 2 aromatic rings. The van der Waals surface area contributed by atoms with Gasteiger partial charge in [0.1, 0.15) is 0 Å². The summed E-state index contributed by atoms with van der Waals surface area (Å²) in [5, 5.41) is 0. The predicted molar refractivity (Wildman–Crippen MR) is 107 cm³/mol. The summed E-state index contributed by atoms with van der Waals surface area (Å²) in [5.74, 6) is 0.565. The minimum atomic E-state index is -0.202. The monoisotopic (exact) mass is 370 g/mol. The highest BCUT2D eigenvalue weighted by Gasteiger charge is 2.48. The van der Waals surface area contributed by atoms with Crippen molar-refractivity contribution in [3.05, 3.63) is 71.8 Å². The summed E-state index contributed by atoms with van der Waals surface area (Å²) in [6.07, 6.45) is 4.01. The summed E-state index contributed by atoms with van der Waals surface area (Å²) in [6, 6.07) is 20.8. The summed E-state index contributed by atoms with van der Waals surface area (Å²) in [5.41, 5.74) is 8.71. The van der Waals surface area contributed by atoms with E-state index < -0.39 is 0 Å². The van der Waals surface area contributed by atoms with Crippen molar-refractivity contribution in [3.8, 4) is 0 Å². The third-order valence-electron chi connectivity index (χ3n) is 6.03. The Hall–Kier alpha value is -1.84. The highest BCUT2D eigenvalue weighted by molar-refractivity contribution is 5.85. The molecule has 0 bridgehead atoms. The maximum absolute atomic E-state index is 13.3. The summed E-state index contributed by atoms with van der Waals surface area (Å²) in [4.78, 5) is 15.4. The van der Waals surface area contributed by atoms with Gasteiger partial charge in [-0.3, -0.25) is 4.79 Å². The highest BCUT2D eigenvalue weighted by Crippen LogP contribution is 2.46. The first-order chi connectivity index (χ1) is 12.2. The molecule has 4 rings (SSSR count). The first-order valence-electron chi connectivity index (χ1n) is 9.32. The summed E-state index contributed by atoms with van der Waals surface area (Å²) >= 11 is 0. The number of rotatable bonds is 4. The molecule has 2 N–H and O–H groups in total. The maximum atomic E-state index is 13.3. The molecular weight excluding hydrogens is 344 g/mol. The van der Waals surface area contributed by atoms with Gasteiger partial charge >= 0.3 is 0 Å². The molecule has 2 atom stereocenters. The predicted octanol–water partition coefficient (Wildman–Crippen LogP) is 3.77. The molecule has 4 heteroatoms. The van der Waals surface area contributed by atoms with E-state index in [1.54, 1.807) is 0 Å². The number of hydrogen-bond acceptors (Lipinski definition) is 2. The van der Waals surface area contributed by atoms with Crippen LogP contribution in [0.15, 0.2) is 60.7 Å². The van der Waals surface area contributed by atoms with E-state index >= 15 is 0 Å². The highest BCUT2D eigenvalue weighted by atomic mass is 35.5. The van der Waals surface area contributed by atoms with Gasteiger partial charge in [-0.15, -0.1) is 12.4 Å². The SMILES string of the molecule is Cl.N[C@@H]1CN(C(=O)C2(Cc3ccccc3)CCC2)C[C@H]1c1ccccc1. The Labute approximate surface area is 162 Å². The van der Waals surface area contributed by atoms with E-state index in [2.05, 4.69) is 48.5 Å². The molecular formula is C22H27ClN2O. The first-order valence-corrected chi connectivity index (χ1v) is 9.32. The van der Waals surface area contributed by atoms with E-state index in [-0.39, 0.29) is 29.8 Å². The van der Waals surface area contributed by atoms with Crippen LogP contribution in [-0.2, 0) is 11.2 Å². The smallest absolute Gasteiger partial charge is 0.229 e. The van der Waals surface area contributed by atoms with Gasteiger partial charge in [0, 0.05) is 25.0 Å². The van der Waals surface area contributed by atoms with Crippen molar-refractivity contribution >= 4 is 18.3 Å². The molecule has 138 valence electrons. The van der Waals surface area contributed by atoms with Crippen molar-refractivity contribution in [1.82, 2.24) is 4.90 Å². The van der Waals surface area contributed by atoms with Crippen molar-refractivity contribution in [2.24, 2.45) is 11.1 Å². The standard InChI is InChI=1S/C22H26N2O.ClH/c23-20-16-24(15-19(20)18-10-5-2-6-11-18)21(25)22(12-7-13-22)14-17-8-3-1-4-9-17;/h1-6,8-11,19-20H,7,12-16,23H2;1H/t19-,20+;/m0./s1. The Kier molecular flexibility index (Phi) is 5.69. The van der Waals surface area contributed by atoms with Gasteiger partial charge in [-0.05, 0) is 30.4 Å². The molecule has 3 nitrogen and oxygen atoms in total. The molecule has 1 aliphatic heterocycles. The Morgan fingerprint density at radius 3 is 2.19 bits per heavy atom. The second-order valence-corrected chi connectivity index (χ2v) is 7.69. The van der Waals surface area contributed by atoms with Gasteiger partial charge in [-0.1, -0.05) is 67.1 Å². The largest absolute Gasteiger partial charge is 0.340 e. The number of nitrogens with zero attached hydrogens (tertiary/aromatic N) is 1. The van der Waals surface area contributed by atoms with Crippen molar-refractivity contribution < 1.29 is 4.79 Å². The van der Waals surface area contributed by atoms with E-state index in [4.69, 9.17) is 5.73 Å². The van der Waals surface area contributed by atoms with Crippen LogP contribution in [0.5, 0.6) is 0 Å². The average Bonchev–Trinajstić information content (AvgIpc) is 3.01. The van der Waals surface area contributed by atoms with Crippen molar-refractivity contribution in [3.63, 3.8) is 0 Å². The second-order valence-electron chi connectivity index (χ2n) is 7.69. The number of likely N-dealkylation sites (tertiary alicyclic amines) is 1. The third kappa shape index (κ3) is 3.51.